The van der Waals surface area contributed by atoms with Crippen molar-refractivity contribution in [2.24, 2.45) is 5.41 Å². The van der Waals surface area contributed by atoms with Crippen molar-refractivity contribution in [3.05, 3.63) is 0 Å². The summed E-state index contributed by atoms with van der Waals surface area (Å²) in [6, 6.07) is 0. The predicted octanol–water partition coefficient (Wildman–Crippen LogP) is 2.62. The van der Waals surface area contributed by atoms with Crippen LogP contribution in [0, 0.1) is 5.41 Å². The lowest BCUT2D eigenvalue weighted by Crippen LogP contribution is -2.37. The van der Waals surface area contributed by atoms with Crippen LogP contribution in [0.3, 0.4) is 0 Å². The van der Waals surface area contributed by atoms with E-state index in [4.69, 9.17) is 40.9 Å². The highest BCUT2D eigenvalue weighted by Crippen LogP contribution is 2.12. The van der Waals surface area contributed by atoms with Gasteiger partial charge in [0.05, 0.1) is 57.5 Å². The van der Waals surface area contributed by atoms with Gasteiger partial charge in [-0.3, -0.25) is 19.2 Å². The van der Waals surface area contributed by atoms with E-state index in [0.29, 0.717) is 0 Å². The number of carboxylic acids is 4. The SMILES string of the molecule is CCC(S)CC(=O)O.CCC(S)CC(=O)O.CCC(S)CC(=O)O.CCC(S)CC(=O)O.OCC(CO)(CO)CO. The summed E-state index contributed by atoms with van der Waals surface area (Å²) in [7, 11) is 0. The van der Waals surface area contributed by atoms with E-state index in [1.54, 1.807) is 0 Å². The van der Waals surface area contributed by atoms with Gasteiger partial charge in [0.15, 0.2) is 0 Å². The van der Waals surface area contributed by atoms with Crippen molar-refractivity contribution in [1.29, 1.82) is 0 Å². The molecule has 0 rings (SSSR count). The Bertz CT molecular complexity index is 547. The predicted molar refractivity (Wildman–Crippen MR) is 172 cm³/mol. The largest absolute Gasteiger partial charge is 0.481 e. The minimum atomic E-state index is -1.11. The number of hydrogen-bond donors (Lipinski definition) is 12. The summed E-state index contributed by atoms with van der Waals surface area (Å²) in [6.45, 7) is 6.04. The van der Waals surface area contributed by atoms with E-state index in [1.807, 2.05) is 27.7 Å². The quantitative estimate of drug-likeness (QED) is 0.106. The van der Waals surface area contributed by atoms with Crippen LogP contribution in [0.4, 0.5) is 0 Å². The van der Waals surface area contributed by atoms with E-state index in [2.05, 4.69) is 50.5 Å². The number of aliphatic hydroxyl groups is 4. The molecule has 0 aliphatic carbocycles. The van der Waals surface area contributed by atoms with Crippen LogP contribution in [0.2, 0.25) is 0 Å². The van der Waals surface area contributed by atoms with Gasteiger partial charge in [-0.2, -0.15) is 50.5 Å². The van der Waals surface area contributed by atoms with E-state index < -0.39 is 55.7 Å². The lowest BCUT2D eigenvalue weighted by molar-refractivity contribution is -0.138. The fraction of sp³-hybridized carbons (Fsp3) is 0.840. The summed E-state index contributed by atoms with van der Waals surface area (Å²) in [5, 5.41) is 66.7. The van der Waals surface area contributed by atoms with Gasteiger partial charge in [0.1, 0.15) is 0 Å². The number of thiol groups is 4. The van der Waals surface area contributed by atoms with E-state index in [1.165, 1.54) is 0 Å². The number of rotatable bonds is 16. The molecule has 16 heteroatoms. The van der Waals surface area contributed by atoms with E-state index in [9.17, 15) is 19.2 Å². The molecule has 0 aromatic carbocycles. The van der Waals surface area contributed by atoms with Crippen molar-refractivity contribution >= 4 is 74.4 Å². The number of hydrogen-bond acceptors (Lipinski definition) is 12. The van der Waals surface area contributed by atoms with Gasteiger partial charge in [0.25, 0.3) is 0 Å². The summed E-state index contributed by atoms with van der Waals surface area (Å²) in [5.74, 6) is -3.09. The molecule has 0 fully saturated rings. The molecule has 0 radical (unpaired) electrons. The number of aliphatic hydroxyl groups excluding tert-OH is 4. The van der Waals surface area contributed by atoms with Crippen molar-refractivity contribution in [2.75, 3.05) is 26.4 Å². The Morgan fingerprint density at radius 3 is 0.634 bits per heavy atom. The number of aliphatic carboxylic acids is 4. The number of carbonyl (C=O) groups is 4. The summed E-state index contributed by atoms with van der Waals surface area (Å²) in [6.07, 6.45) is 3.92. The fourth-order valence-corrected chi connectivity index (χ4v) is 2.31. The molecule has 0 amide bonds. The highest BCUT2D eigenvalue weighted by molar-refractivity contribution is 7.81. The van der Waals surface area contributed by atoms with Crippen LogP contribution in [0.1, 0.15) is 79.1 Å². The third-order valence-electron chi connectivity index (χ3n) is 4.87. The van der Waals surface area contributed by atoms with Crippen LogP contribution in [0.15, 0.2) is 0 Å². The number of carboxylic acid groups (broad SMARTS) is 4. The van der Waals surface area contributed by atoms with Gasteiger partial charge in [-0.1, -0.05) is 27.7 Å². The summed E-state index contributed by atoms with van der Waals surface area (Å²) >= 11 is 16.0. The molecule has 41 heavy (non-hydrogen) atoms. The van der Waals surface area contributed by atoms with Crippen LogP contribution in [-0.4, -0.2) is 112 Å². The molecule has 4 unspecified atom stereocenters. The molecule has 0 aromatic heterocycles. The Balaban J connectivity index is -0.000000132. The Labute approximate surface area is 265 Å². The van der Waals surface area contributed by atoms with E-state index in [-0.39, 0.29) is 46.7 Å². The van der Waals surface area contributed by atoms with Crippen LogP contribution < -0.4 is 0 Å². The maximum Gasteiger partial charge on any atom is 0.304 e. The molecular formula is C25H52O12S4. The molecule has 0 aliphatic rings. The molecule has 4 atom stereocenters. The Morgan fingerprint density at radius 2 is 0.610 bits per heavy atom. The van der Waals surface area contributed by atoms with Crippen LogP contribution in [0.25, 0.3) is 0 Å². The van der Waals surface area contributed by atoms with Crippen LogP contribution in [-0.2, 0) is 19.2 Å². The first-order valence-electron chi connectivity index (χ1n) is 12.9. The fourth-order valence-electron chi connectivity index (χ4n) is 1.68. The third kappa shape index (κ3) is 43.7. The average Bonchev–Trinajstić information content (AvgIpc) is 2.90. The summed E-state index contributed by atoms with van der Waals surface area (Å²) in [5.41, 5.74) is -1.11. The third-order valence-corrected chi connectivity index (χ3v) is 7.06. The monoisotopic (exact) mass is 672 g/mol. The molecule has 0 bridgehead atoms. The zero-order valence-corrected chi connectivity index (χ0v) is 27.9. The van der Waals surface area contributed by atoms with Gasteiger partial charge in [-0.15, -0.1) is 0 Å². The molecule has 0 aromatic rings. The van der Waals surface area contributed by atoms with Gasteiger partial charge < -0.3 is 40.9 Å². The molecular weight excluding hydrogens is 621 g/mol. The topological polar surface area (TPSA) is 230 Å². The van der Waals surface area contributed by atoms with Gasteiger partial charge in [-0.25, -0.2) is 0 Å². The maximum absolute atomic E-state index is 9.92. The molecule has 0 saturated heterocycles. The lowest BCUT2D eigenvalue weighted by Gasteiger charge is -2.23. The zero-order valence-electron chi connectivity index (χ0n) is 24.3. The first-order valence-corrected chi connectivity index (χ1v) is 15.0. The molecule has 0 saturated carbocycles. The van der Waals surface area contributed by atoms with Gasteiger partial charge in [-0.05, 0) is 25.7 Å². The van der Waals surface area contributed by atoms with Crippen molar-refractivity contribution < 1.29 is 60.0 Å². The van der Waals surface area contributed by atoms with Gasteiger partial charge in [0, 0.05) is 21.0 Å². The van der Waals surface area contributed by atoms with Crippen molar-refractivity contribution in [3.63, 3.8) is 0 Å². The van der Waals surface area contributed by atoms with E-state index in [0.717, 1.165) is 25.7 Å². The molecule has 248 valence electrons. The first kappa shape index (κ1) is 49.8. The second-order valence-electron chi connectivity index (χ2n) is 8.77. The molecule has 0 spiro atoms. The second-order valence-corrected chi connectivity index (χ2v) is 11.7. The highest BCUT2D eigenvalue weighted by atomic mass is 32.1. The summed E-state index contributed by atoms with van der Waals surface area (Å²) < 4.78 is 0. The molecule has 12 nitrogen and oxygen atoms in total. The normalized spacial score (nSPS) is 13.0. The Hall–Kier alpha value is -0.880. The highest BCUT2D eigenvalue weighted by Gasteiger charge is 2.26. The standard InChI is InChI=1S/C5H12O4.4C5H10O2S/c6-1-5(2-7,3-8)4-9;4*1-2-4(8)3-5(6)7/h6-9H,1-4H2;4*4,8H,2-3H2,1H3,(H,6,7). The van der Waals surface area contributed by atoms with Crippen LogP contribution >= 0.6 is 50.5 Å². The van der Waals surface area contributed by atoms with Gasteiger partial charge in [0.2, 0.25) is 0 Å². The summed E-state index contributed by atoms with van der Waals surface area (Å²) in [4.78, 5) is 39.7. The minimum absolute atomic E-state index is 0.0208. The molecule has 8 N–H and O–H groups in total. The first-order chi connectivity index (χ1) is 18.9. The Kier molecular flexibility index (Phi) is 40.8. The smallest absolute Gasteiger partial charge is 0.304 e. The van der Waals surface area contributed by atoms with Crippen molar-refractivity contribution in [1.82, 2.24) is 0 Å². The minimum Gasteiger partial charge on any atom is -0.481 e. The maximum atomic E-state index is 9.92. The lowest BCUT2D eigenvalue weighted by atomic mass is 9.93. The van der Waals surface area contributed by atoms with Crippen molar-refractivity contribution in [3.8, 4) is 0 Å². The van der Waals surface area contributed by atoms with Crippen LogP contribution in [0.5, 0.6) is 0 Å². The van der Waals surface area contributed by atoms with E-state index >= 15 is 0 Å². The Morgan fingerprint density at radius 1 is 0.463 bits per heavy atom. The van der Waals surface area contributed by atoms with Gasteiger partial charge >= 0.3 is 23.9 Å². The molecule has 0 aliphatic heterocycles. The zero-order chi connectivity index (χ0) is 33.6. The second kappa shape index (κ2) is 33.6. The van der Waals surface area contributed by atoms with Crippen molar-refractivity contribution in [2.45, 2.75) is 100 Å². The average molecular weight is 673 g/mol. The molecule has 0 heterocycles.